The lowest BCUT2D eigenvalue weighted by Gasteiger charge is -2.21. The first-order chi connectivity index (χ1) is 8.01. The van der Waals surface area contributed by atoms with Crippen molar-refractivity contribution in [3.05, 3.63) is 0 Å². The van der Waals surface area contributed by atoms with Crippen LogP contribution in [0.5, 0.6) is 0 Å². The first-order valence-electron chi connectivity index (χ1n) is 5.90. The summed E-state index contributed by atoms with van der Waals surface area (Å²) in [5.74, 6) is -0.197. The quantitative estimate of drug-likeness (QED) is 0.566. The number of hydrogen-bond acceptors (Lipinski definition) is 4. The van der Waals surface area contributed by atoms with E-state index in [1.165, 1.54) is 4.90 Å². The highest BCUT2D eigenvalue weighted by Gasteiger charge is 2.13. The summed E-state index contributed by atoms with van der Waals surface area (Å²) in [6.45, 7) is 4.21. The molecule has 0 bridgehead atoms. The summed E-state index contributed by atoms with van der Waals surface area (Å²) in [5, 5.41) is 2.73. The van der Waals surface area contributed by atoms with Gasteiger partial charge in [-0.05, 0) is 13.5 Å². The van der Waals surface area contributed by atoms with Crippen LogP contribution in [0, 0.1) is 0 Å². The lowest BCUT2D eigenvalue weighted by atomic mass is 10.4. The van der Waals surface area contributed by atoms with E-state index in [1.807, 2.05) is 18.9 Å². The zero-order valence-electron chi connectivity index (χ0n) is 11.0. The lowest BCUT2D eigenvalue weighted by Crippen LogP contribution is -2.43. The fourth-order valence-corrected chi connectivity index (χ4v) is 1.27. The van der Waals surface area contributed by atoms with Gasteiger partial charge in [0.2, 0.25) is 11.8 Å². The van der Waals surface area contributed by atoms with E-state index in [0.29, 0.717) is 19.6 Å². The molecule has 6 nitrogen and oxygen atoms in total. The summed E-state index contributed by atoms with van der Waals surface area (Å²) >= 11 is 0. The summed E-state index contributed by atoms with van der Waals surface area (Å²) in [4.78, 5) is 26.4. The molecule has 3 N–H and O–H groups in total. The van der Waals surface area contributed by atoms with E-state index in [2.05, 4.69) is 5.32 Å². The van der Waals surface area contributed by atoms with Crippen LogP contribution in [0.2, 0.25) is 0 Å². The predicted octanol–water partition coefficient (Wildman–Crippen LogP) is -1.14. The van der Waals surface area contributed by atoms with E-state index in [1.54, 1.807) is 7.05 Å². The standard InChI is InChI=1S/C11H24N4O2/c1-4-6-13-10(16)8-15(3)11(17)9-14(2)7-5-12/h4-9,12H2,1-3H3,(H,13,16). The van der Waals surface area contributed by atoms with Crippen LogP contribution in [0.3, 0.4) is 0 Å². The van der Waals surface area contributed by atoms with Crippen molar-refractivity contribution in [2.45, 2.75) is 13.3 Å². The number of rotatable bonds is 8. The molecular weight excluding hydrogens is 220 g/mol. The van der Waals surface area contributed by atoms with Gasteiger partial charge >= 0.3 is 0 Å². The predicted molar refractivity (Wildman–Crippen MR) is 67.5 cm³/mol. The number of nitrogens with zero attached hydrogens (tertiary/aromatic N) is 2. The Bertz CT molecular complexity index is 246. The molecular formula is C11H24N4O2. The average Bonchev–Trinajstić information content (AvgIpc) is 2.26. The zero-order chi connectivity index (χ0) is 13.3. The normalized spacial score (nSPS) is 10.4. The van der Waals surface area contributed by atoms with E-state index in [0.717, 1.165) is 6.42 Å². The molecule has 2 amide bonds. The lowest BCUT2D eigenvalue weighted by molar-refractivity contribution is -0.135. The Morgan fingerprint density at radius 2 is 1.88 bits per heavy atom. The Morgan fingerprint density at radius 1 is 1.24 bits per heavy atom. The van der Waals surface area contributed by atoms with Crippen LogP contribution >= 0.6 is 0 Å². The van der Waals surface area contributed by atoms with Gasteiger partial charge in [0.25, 0.3) is 0 Å². The van der Waals surface area contributed by atoms with E-state index < -0.39 is 0 Å². The SMILES string of the molecule is CCCNC(=O)CN(C)C(=O)CN(C)CCN. The van der Waals surface area contributed by atoms with Gasteiger partial charge in [0.15, 0.2) is 0 Å². The maximum Gasteiger partial charge on any atom is 0.239 e. The third kappa shape index (κ3) is 7.70. The van der Waals surface area contributed by atoms with Crippen molar-refractivity contribution in [1.82, 2.24) is 15.1 Å². The minimum absolute atomic E-state index is 0.0763. The summed E-state index contributed by atoms with van der Waals surface area (Å²) in [6.07, 6.45) is 0.892. The van der Waals surface area contributed by atoms with E-state index in [-0.39, 0.29) is 24.9 Å². The molecule has 0 saturated carbocycles. The third-order valence-electron chi connectivity index (χ3n) is 2.29. The molecule has 0 aliphatic rings. The second-order valence-electron chi connectivity index (χ2n) is 4.13. The van der Waals surface area contributed by atoms with E-state index in [4.69, 9.17) is 5.73 Å². The van der Waals surface area contributed by atoms with Crippen LogP contribution in [-0.2, 0) is 9.59 Å². The highest BCUT2D eigenvalue weighted by Crippen LogP contribution is 1.89. The van der Waals surface area contributed by atoms with E-state index in [9.17, 15) is 9.59 Å². The van der Waals surface area contributed by atoms with Gasteiger partial charge < -0.3 is 16.0 Å². The number of amides is 2. The van der Waals surface area contributed by atoms with Crippen molar-refractivity contribution in [2.75, 3.05) is 46.8 Å². The molecule has 0 atom stereocenters. The number of nitrogens with two attached hydrogens (primary N) is 1. The van der Waals surface area contributed by atoms with Gasteiger partial charge in [-0.1, -0.05) is 6.92 Å². The minimum Gasteiger partial charge on any atom is -0.355 e. The van der Waals surface area contributed by atoms with Crippen molar-refractivity contribution in [3.8, 4) is 0 Å². The molecule has 6 heteroatoms. The molecule has 0 radical (unpaired) electrons. The second-order valence-corrected chi connectivity index (χ2v) is 4.13. The monoisotopic (exact) mass is 244 g/mol. The fourth-order valence-electron chi connectivity index (χ4n) is 1.27. The fraction of sp³-hybridized carbons (Fsp3) is 0.818. The topological polar surface area (TPSA) is 78.7 Å². The van der Waals surface area contributed by atoms with Gasteiger partial charge in [-0.15, -0.1) is 0 Å². The van der Waals surface area contributed by atoms with Crippen molar-refractivity contribution in [3.63, 3.8) is 0 Å². The van der Waals surface area contributed by atoms with Crippen LogP contribution in [0.15, 0.2) is 0 Å². The molecule has 0 unspecified atom stereocenters. The number of likely N-dealkylation sites (N-methyl/N-ethyl adjacent to an activating group) is 2. The summed E-state index contributed by atoms with van der Waals surface area (Å²) < 4.78 is 0. The highest BCUT2D eigenvalue weighted by molar-refractivity contribution is 5.85. The number of carbonyl (C=O) groups excluding carboxylic acids is 2. The van der Waals surface area contributed by atoms with Crippen molar-refractivity contribution in [1.29, 1.82) is 0 Å². The Balaban J connectivity index is 3.92. The summed E-state index contributed by atoms with van der Waals surface area (Å²) in [7, 11) is 3.46. The van der Waals surface area contributed by atoms with Gasteiger partial charge in [0, 0.05) is 26.7 Å². The Labute approximate surface area is 103 Å². The molecule has 0 aliphatic carbocycles. The summed E-state index contributed by atoms with van der Waals surface area (Å²) in [6, 6.07) is 0. The Kier molecular flexibility index (Phi) is 8.35. The first kappa shape index (κ1) is 15.9. The molecule has 0 aromatic rings. The van der Waals surface area contributed by atoms with E-state index >= 15 is 0 Å². The molecule has 0 rings (SSSR count). The maximum absolute atomic E-state index is 11.7. The van der Waals surface area contributed by atoms with Crippen LogP contribution in [-0.4, -0.2) is 68.4 Å². The average molecular weight is 244 g/mol. The maximum atomic E-state index is 11.7. The van der Waals surface area contributed by atoms with Crippen LogP contribution < -0.4 is 11.1 Å². The highest BCUT2D eigenvalue weighted by atomic mass is 16.2. The minimum atomic E-state index is -0.121. The number of carbonyl (C=O) groups is 2. The molecule has 0 aliphatic heterocycles. The van der Waals surface area contributed by atoms with Gasteiger partial charge in [-0.3, -0.25) is 14.5 Å². The van der Waals surface area contributed by atoms with Crippen LogP contribution in [0.1, 0.15) is 13.3 Å². The Morgan fingerprint density at radius 3 is 2.41 bits per heavy atom. The molecule has 100 valence electrons. The number of nitrogens with one attached hydrogen (secondary N) is 1. The molecule has 0 aromatic carbocycles. The molecule has 0 fully saturated rings. The van der Waals surface area contributed by atoms with Crippen molar-refractivity contribution >= 4 is 11.8 Å². The molecule has 0 aromatic heterocycles. The van der Waals surface area contributed by atoms with Gasteiger partial charge in [0.05, 0.1) is 13.1 Å². The largest absolute Gasteiger partial charge is 0.355 e. The van der Waals surface area contributed by atoms with Crippen LogP contribution in [0.25, 0.3) is 0 Å². The first-order valence-corrected chi connectivity index (χ1v) is 5.90. The molecule has 0 heterocycles. The van der Waals surface area contributed by atoms with Gasteiger partial charge in [-0.2, -0.15) is 0 Å². The van der Waals surface area contributed by atoms with Crippen LogP contribution in [0.4, 0.5) is 0 Å². The smallest absolute Gasteiger partial charge is 0.239 e. The van der Waals surface area contributed by atoms with Gasteiger partial charge in [0.1, 0.15) is 0 Å². The molecule has 17 heavy (non-hydrogen) atoms. The zero-order valence-corrected chi connectivity index (χ0v) is 11.0. The van der Waals surface area contributed by atoms with Crippen molar-refractivity contribution < 1.29 is 9.59 Å². The second kappa shape index (κ2) is 8.95. The molecule has 0 spiro atoms. The number of hydrogen-bond donors (Lipinski definition) is 2. The third-order valence-corrected chi connectivity index (χ3v) is 2.29. The van der Waals surface area contributed by atoms with Crippen molar-refractivity contribution in [2.24, 2.45) is 5.73 Å². The Hall–Kier alpha value is -1.14. The van der Waals surface area contributed by atoms with Gasteiger partial charge in [-0.25, -0.2) is 0 Å². The summed E-state index contributed by atoms with van der Waals surface area (Å²) in [5.41, 5.74) is 5.39. The molecule has 0 saturated heterocycles.